The normalized spacial score (nSPS) is 10.7. The van der Waals surface area contributed by atoms with Crippen molar-refractivity contribution in [2.75, 3.05) is 11.9 Å². The number of carbonyl (C=O) groups excluding carboxylic acids is 2. The van der Waals surface area contributed by atoms with Gasteiger partial charge in [-0.3, -0.25) is 20.4 Å². The average Bonchev–Trinajstić information content (AvgIpc) is 2.64. The van der Waals surface area contributed by atoms with Crippen LogP contribution < -0.4 is 21.5 Å². The Kier molecular flexibility index (Phi) is 7.18. The maximum Gasteiger partial charge on any atom is 0.416 e. The molecule has 2 amide bonds. The van der Waals surface area contributed by atoms with Crippen LogP contribution in [0.3, 0.4) is 0 Å². The van der Waals surface area contributed by atoms with Crippen molar-refractivity contribution < 1.29 is 22.8 Å². The van der Waals surface area contributed by atoms with Gasteiger partial charge in [0, 0.05) is 16.3 Å². The van der Waals surface area contributed by atoms with Gasteiger partial charge in [-0.15, -0.1) is 0 Å². The number of benzene rings is 2. The van der Waals surface area contributed by atoms with E-state index in [0.29, 0.717) is 5.02 Å². The SMILES string of the molecule is O=C(CNC(=O)c1cccc(Cl)c1)NNC(=S)Nc1cccc(C(F)(F)F)c1. The Morgan fingerprint density at radius 3 is 2.43 bits per heavy atom. The molecule has 0 aliphatic rings. The molecule has 0 fully saturated rings. The second-order valence-electron chi connectivity index (χ2n) is 5.40. The lowest BCUT2D eigenvalue weighted by molar-refractivity contribution is -0.137. The zero-order valence-electron chi connectivity index (χ0n) is 14.1. The predicted octanol–water partition coefficient (Wildman–Crippen LogP) is 3.11. The lowest BCUT2D eigenvalue weighted by Gasteiger charge is -2.13. The molecule has 0 radical (unpaired) electrons. The van der Waals surface area contributed by atoms with Gasteiger partial charge in [0.15, 0.2) is 5.11 Å². The van der Waals surface area contributed by atoms with Gasteiger partial charge in [0.05, 0.1) is 12.1 Å². The number of hydrazine groups is 1. The molecule has 0 heterocycles. The van der Waals surface area contributed by atoms with Gasteiger partial charge in [-0.2, -0.15) is 13.2 Å². The second-order valence-corrected chi connectivity index (χ2v) is 6.24. The van der Waals surface area contributed by atoms with Crippen LogP contribution in [0.1, 0.15) is 15.9 Å². The molecule has 0 aliphatic carbocycles. The van der Waals surface area contributed by atoms with Crippen LogP contribution in [-0.4, -0.2) is 23.5 Å². The highest BCUT2D eigenvalue weighted by molar-refractivity contribution is 7.80. The first-order valence-corrected chi connectivity index (χ1v) is 8.50. The Bertz CT molecular complexity index is 893. The minimum Gasteiger partial charge on any atom is -0.343 e. The second kappa shape index (κ2) is 9.38. The summed E-state index contributed by atoms with van der Waals surface area (Å²) in [5, 5.41) is 5.14. The third-order valence-electron chi connectivity index (χ3n) is 3.26. The van der Waals surface area contributed by atoms with E-state index >= 15 is 0 Å². The fourth-order valence-electron chi connectivity index (χ4n) is 2.00. The summed E-state index contributed by atoms with van der Waals surface area (Å²) in [4.78, 5) is 23.6. The number of rotatable bonds is 4. The molecule has 0 bridgehead atoms. The monoisotopic (exact) mass is 430 g/mol. The van der Waals surface area contributed by atoms with Crippen LogP contribution >= 0.6 is 23.8 Å². The molecule has 2 aromatic carbocycles. The molecule has 6 nitrogen and oxygen atoms in total. The van der Waals surface area contributed by atoms with Crippen molar-refractivity contribution in [2.24, 2.45) is 0 Å². The number of hydrogen-bond donors (Lipinski definition) is 4. The lowest BCUT2D eigenvalue weighted by Crippen LogP contribution is -2.47. The molecule has 11 heteroatoms. The van der Waals surface area contributed by atoms with Gasteiger partial charge in [0.2, 0.25) is 0 Å². The molecule has 0 unspecified atom stereocenters. The fourth-order valence-corrected chi connectivity index (χ4v) is 2.36. The zero-order valence-corrected chi connectivity index (χ0v) is 15.6. The average molecular weight is 431 g/mol. The summed E-state index contributed by atoms with van der Waals surface area (Å²) < 4.78 is 38.0. The van der Waals surface area contributed by atoms with Crippen LogP contribution in [0.25, 0.3) is 0 Å². The zero-order chi connectivity index (χ0) is 20.7. The topological polar surface area (TPSA) is 82.3 Å². The van der Waals surface area contributed by atoms with Crippen molar-refractivity contribution in [3.63, 3.8) is 0 Å². The van der Waals surface area contributed by atoms with Gasteiger partial charge in [0.25, 0.3) is 11.8 Å². The van der Waals surface area contributed by atoms with Crippen LogP contribution in [0.4, 0.5) is 18.9 Å². The number of hydrogen-bond acceptors (Lipinski definition) is 3. The Morgan fingerprint density at radius 1 is 1.04 bits per heavy atom. The minimum atomic E-state index is -4.48. The molecule has 148 valence electrons. The van der Waals surface area contributed by atoms with E-state index in [1.807, 2.05) is 0 Å². The summed E-state index contributed by atoms with van der Waals surface area (Å²) >= 11 is 10.7. The number of nitrogens with one attached hydrogen (secondary N) is 4. The van der Waals surface area contributed by atoms with Gasteiger partial charge in [-0.05, 0) is 48.6 Å². The highest BCUT2D eigenvalue weighted by Crippen LogP contribution is 2.30. The van der Waals surface area contributed by atoms with Crippen molar-refractivity contribution in [1.29, 1.82) is 0 Å². The Balaban J connectivity index is 1.78. The fraction of sp³-hybridized carbons (Fsp3) is 0.118. The number of alkyl halides is 3. The molecule has 0 aromatic heterocycles. The summed E-state index contributed by atoms with van der Waals surface area (Å²) in [5.41, 5.74) is 4.08. The van der Waals surface area contributed by atoms with E-state index < -0.39 is 23.6 Å². The van der Waals surface area contributed by atoms with Gasteiger partial charge in [-0.1, -0.05) is 23.7 Å². The number of amides is 2. The van der Waals surface area contributed by atoms with Gasteiger partial charge < -0.3 is 10.6 Å². The van der Waals surface area contributed by atoms with E-state index in [0.717, 1.165) is 12.1 Å². The molecule has 2 aromatic rings. The van der Waals surface area contributed by atoms with Crippen molar-refractivity contribution >= 4 is 46.4 Å². The summed E-state index contributed by atoms with van der Waals surface area (Å²) in [7, 11) is 0. The summed E-state index contributed by atoms with van der Waals surface area (Å²) in [6.07, 6.45) is -4.48. The van der Waals surface area contributed by atoms with Crippen LogP contribution in [0, 0.1) is 0 Å². The highest BCUT2D eigenvalue weighted by atomic mass is 35.5. The number of halogens is 4. The van der Waals surface area contributed by atoms with Gasteiger partial charge in [0.1, 0.15) is 0 Å². The maximum absolute atomic E-state index is 12.7. The first-order chi connectivity index (χ1) is 13.1. The van der Waals surface area contributed by atoms with Crippen molar-refractivity contribution in [1.82, 2.24) is 16.2 Å². The van der Waals surface area contributed by atoms with Crippen molar-refractivity contribution in [3.05, 3.63) is 64.7 Å². The molecular weight excluding hydrogens is 417 g/mol. The van der Waals surface area contributed by atoms with E-state index in [4.69, 9.17) is 23.8 Å². The van der Waals surface area contributed by atoms with Crippen LogP contribution in [0.5, 0.6) is 0 Å². The summed E-state index contributed by atoms with van der Waals surface area (Å²) in [6, 6.07) is 10.6. The Morgan fingerprint density at radius 2 is 1.75 bits per heavy atom. The highest BCUT2D eigenvalue weighted by Gasteiger charge is 2.30. The first kappa shape index (κ1) is 21.5. The molecule has 0 atom stereocenters. The molecule has 2 rings (SSSR count). The quantitative estimate of drug-likeness (QED) is 0.442. The summed E-state index contributed by atoms with van der Waals surface area (Å²) in [6.45, 7) is -0.357. The van der Waals surface area contributed by atoms with E-state index in [2.05, 4.69) is 21.5 Å². The van der Waals surface area contributed by atoms with E-state index in [9.17, 15) is 22.8 Å². The van der Waals surface area contributed by atoms with E-state index in [1.54, 1.807) is 12.1 Å². The molecular formula is C17H14ClF3N4O2S. The summed E-state index contributed by atoms with van der Waals surface area (Å²) in [5.74, 6) is -1.12. The lowest BCUT2D eigenvalue weighted by atomic mass is 10.2. The third-order valence-corrected chi connectivity index (χ3v) is 3.70. The van der Waals surface area contributed by atoms with Gasteiger partial charge in [-0.25, -0.2) is 0 Å². The predicted molar refractivity (Wildman–Crippen MR) is 103 cm³/mol. The Hall–Kier alpha value is -2.85. The number of anilines is 1. The number of thiocarbonyl (C=S) groups is 1. The van der Waals surface area contributed by atoms with Crippen LogP contribution in [-0.2, 0) is 11.0 Å². The van der Waals surface area contributed by atoms with Gasteiger partial charge >= 0.3 is 6.18 Å². The molecule has 0 saturated carbocycles. The van der Waals surface area contributed by atoms with Crippen LogP contribution in [0.15, 0.2) is 48.5 Å². The standard InChI is InChI=1S/C17H14ClF3N4O2S/c18-12-5-1-3-10(7-12)15(27)22-9-14(26)24-25-16(28)23-13-6-2-4-11(8-13)17(19,20)21/h1-8H,9H2,(H,22,27)(H,24,26)(H2,23,25,28). The van der Waals surface area contributed by atoms with Crippen molar-refractivity contribution in [2.45, 2.75) is 6.18 Å². The van der Waals surface area contributed by atoms with Crippen LogP contribution in [0.2, 0.25) is 5.02 Å². The maximum atomic E-state index is 12.7. The third kappa shape index (κ3) is 6.71. The molecule has 0 aliphatic heterocycles. The van der Waals surface area contributed by atoms with Crippen molar-refractivity contribution in [3.8, 4) is 0 Å². The first-order valence-electron chi connectivity index (χ1n) is 7.72. The van der Waals surface area contributed by atoms with E-state index in [-0.39, 0.29) is 22.9 Å². The van der Waals surface area contributed by atoms with E-state index in [1.165, 1.54) is 24.3 Å². The Labute approximate surface area is 168 Å². The minimum absolute atomic E-state index is 0.0934. The number of carbonyl (C=O) groups is 2. The molecule has 4 N–H and O–H groups in total. The molecule has 0 saturated heterocycles. The molecule has 28 heavy (non-hydrogen) atoms. The largest absolute Gasteiger partial charge is 0.416 e. The smallest absolute Gasteiger partial charge is 0.343 e. The molecule has 0 spiro atoms.